The molecule has 1 aliphatic heterocycles. The summed E-state index contributed by atoms with van der Waals surface area (Å²) in [6.45, 7) is 2.64. The van der Waals surface area contributed by atoms with Gasteiger partial charge < -0.3 is 15.1 Å². The number of rotatable bonds is 8. The van der Waals surface area contributed by atoms with Crippen LogP contribution in [-0.4, -0.2) is 68.8 Å². The Bertz CT molecular complexity index is 1650. The van der Waals surface area contributed by atoms with Gasteiger partial charge in [-0.25, -0.2) is 15.0 Å². The number of benzene rings is 2. The van der Waals surface area contributed by atoms with Gasteiger partial charge in [0.25, 0.3) is 5.91 Å². The summed E-state index contributed by atoms with van der Waals surface area (Å²) in [6, 6.07) is 24.0. The van der Waals surface area contributed by atoms with Gasteiger partial charge >= 0.3 is 0 Å². The molecule has 208 valence electrons. The summed E-state index contributed by atoms with van der Waals surface area (Å²) in [5.41, 5.74) is 6.97. The Balaban J connectivity index is 1.32. The Morgan fingerprint density at radius 1 is 0.927 bits per heavy atom. The van der Waals surface area contributed by atoms with Crippen molar-refractivity contribution in [2.24, 2.45) is 0 Å². The summed E-state index contributed by atoms with van der Waals surface area (Å²) in [4.78, 5) is 31.8. The second kappa shape index (κ2) is 11.9. The van der Waals surface area contributed by atoms with Crippen molar-refractivity contribution in [2.45, 2.75) is 25.7 Å². The zero-order valence-corrected chi connectivity index (χ0v) is 23.6. The fourth-order valence-electron chi connectivity index (χ4n) is 5.31. The molecular weight excluding hydrogens is 510 g/mol. The standard InChI is InChI=1S/C33H35N7O/c1-38(2)22-17-24-12-14-27(15-13-24)35-33-34-18-16-28(36-33)31-30(37-29-11-4-7-21-40(29)31)25-9-8-10-26(23-25)32(41)39-19-5-3-6-20-39/h4,7-16,18,21,23H,3,5-6,17,19-20,22H2,1-2H3,(H,34,35,36). The van der Waals surface area contributed by atoms with Gasteiger partial charge in [-0.2, -0.15) is 0 Å². The SMILES string of the molecule is CN(C)CCc1ccc(Nc2nccc(-c3c(-c4cccc(C(=O)N5CCCCC5)c4)nc4ccccn34)n2)cc1. The van der Waals surface area contributed by atoms with E-state index in [1.54, 1.807) is 6.20 Å². The van der Waals surface area contributed by atoms with Crippen LogP contribution < -0.4 is 5.32 Å². The number of anilines is 2. The minimum atomic E-state index is 0.0816. The van der Waals surface area contributed by atoms with Gasteiger partial charge in [0.2, 0.25) is 5.95 Å². The molecule has 1 aliphatic rings. The van der Waals surface area contributed by atoms with Gasteiger partial charge in [0, 0.05) is 48.8 Å². The summed E-state index contributed by atoms with van der Waals surface area (Å²) in [5.74, 6) is 0.590. The Morgan fingerprint density at radius 2 is 1.76 bits per heavy atom. The fraction of sp³-hybridized carbons (Fsp3) is 0.273. The van der Waals surface area contributed by atoms with Crippen molar-refractivity contribution in [2.75, 3.05) is 39.0 Å². The molecule has 1 saturated heterocycles. The normalized spacial score (nSPS) is 13.6. The first-order chi connectivity index (χ1) is 20.0. The number of hydrogen-bond acceptors (Lipinski definition) is 6. The first-order valence-corrected chi connectivity index (χ1v) is 14.3. The van der Waals surface area contributed by atoms with Crippen LogP contribution in [0.4, 0.5) is 11.6 Å². The van der Waals surface area contributed by atoms with Gasteiger partial charge in [-0.15, -0.1) is 0 Å². The monoisotopic (exact) mass is 545 g/mol. The Hall–Kier alpha value is -4.56. The van der Waals surface area contributed by atoms with Crippen LogP contribution in [-0.2, 0) is 6.42 Å². The molecular formula is C33H35N7O. The number of piperidine rings is 1. The van der Waals surface area contributed by atoms with E-state index in [0.717, 1.165) is 72.9 Å². The van der Waals surface area contributed by atoms with E-state index in [-0.39, 0.29) is 5.91 Å². The zero-order chi connectivity index (χ0) is 28.2. The molecule has 1 N–H and O–H groups in total. The smallest absolute Gasteiger partial charge is 0.253 e. The molecule has 0 bridgehead atoms. The van der Waals surface area contributed by atoms with Gasteiger partial charge in [-0.05, 0) is 87.8 Å². The molecule has 1 fully saturated rings. The molecule has 5 aromatic rings. The van der Waals surface area contributed by atoms with E-state index in [9.17, 15) is 4.79 Å². The van der Waals surface area contributed by atoms with E-state index in [4.69, 9.17) is 9.97 Å². The molecule has 0 radical (unpaired) electrons. The molecule has 0 saturated carbocycles. The van der Waals surface area contributed by atoms with Gasteiger partial charge in [0.05, 0.1) is 17.1 Å². The Kier molecular flexibility index (Phi) is 7.73. The molecule has 3 aromatic heterocycles. The number of carbonyl (C=O) groups is 1. The van der Waals surface area contributed by atoms with E-state index in [1.165, 1.54) is 12.0 Å². The van der Waals surface area contributed by atoms with Crippen LogP contribution in [0.15, 0.2) is 85.2 Å². The highest BCUT2D eigenvalue weighted by Crippen LogP contribution is 2.33. The maximum absolute atomic E-state index is 13.3. The van der Waals surface area contributed by atoms with Crippen molar-refractivity contribution in [3.8, 4) is 22.6 Å². The molecule has 8 nitrogen and oxygen atoms in total. The lowest BCUT2D eigenvalue weighted by molar-refractivity contribution is 0.0724. The van der Waals surface area contributed by atoms with Crippen molar-refractivity contribution in [3.05, 3.63) is 96.3 Å². The largest absolute Gasteiger partial charge is 0.339 e. The third-order valence-corrected chi connectivity index (χ3v) is 7.51. The molecule has 8 heteroatoms. The number of hydrogen-bond donors (Lipinski definition) is 1. The summed E-state index contributed by atoms with van der Waals surface area (Å²) in [7, 11) is 4.17. The zero-order valence-electron chi connectivity index (χ0n) is 23.6. The molecule has 1 amide bonds. The van der Waals surface area contributed by atoms with Crippen LogP contribution in [0.2, 0.25) is 0 Å². The van der Waals surface area contributed by atoms with Gasteiger partial charge in [0.1, 0.15) is 5.65 Å². The van der Waals surface area contributed by atoms with E-state index in [1.807, 2.05) is 64.0 Å². The summed E-state index contributed by atoms with van der Waals surface area (Å²) in [6.07, 6.45) is 8.07. The highest BCUT2D eigenvalue weighted by Gasteiger charge is 2.21. The number of carbonyl (C=O) groups excluding carboxylic acids is 1. The number of likely N-dealkylation sites (N-methyl/N-ethyl adjacent to an activating group) is 1. The molecule has 41 heavy (non-hydrogen) atoms. The van der Waals surface area contributed by atoms with Crippen molar-refractivity contribution < 1.29 is 4.79 Å². The van der Waals surface area contributed by atoms with Gasteiger partial charge in [0.15, 0.2) is 0 Å². The fourth-order valence-corrected chi connectivity index (χ4v) is 5.31. The molecule has 2 aromatic carbocycles. The lowest BCUT2D eigenvalue weighted by atomic mass is 10.0. The number of pyridine rings is 1. The lowest BCUT2D eigenvalue weighted by Crippen LogP contribution is -2.35. The van der Waals surface area contributed by atoms with E-state index in [2.05, 4.69) is 53.6 Å². The van der Waals surface area contributed by atoms with Crippen LogP contribution in [0.1, 0.15) is 35.2 Å². The highest BCUT2D eigenvalue weighted by molar-refractivity contribution is 5.96. The van der Waals surface area contributed by atoms with E-state index in [0.29, 0.717) is 11.5 Å². The van der Waals surface area contributed by atoms with Crippen molar-refractivity contribution in [3.63, 3.8) is 0 Å². The quantitative estimate of drug-likeness (QED) is 0.260. The predicted octanol–water partition coefficient (Wildman–Crippen LogP) is 5.93. The lowest BCUT2D eigenvalue weighted by Gasteiger charge is -2.26. The highest BCUT2D eigenvalue weighted by atomic mass is 16.2. The third kappa shape index (κ3) is 5.98. The second-order valence-electron chi connectivity index (χ2n) is 10.8. The first-order valence-electron chi connectivity index (χ1n) is 14.3. The topological polar surface area (TPSA) is 78.7 Å². The average Bonchev–Trinajstić information content (AvgIpc) is 3.41. The second-order valence-corrected chi connectivity index (χ2v) is 10.8. The van der Waals surface area contributed by atoms with Crippen LogP contribution >= 0.6 is 0 Å². The van der Waals surface area contributed by atoms with Crippen LogP contribution in [0.3, 0.4) is 0 Å². The summed E-state index contributed by atoms with van der Waals surface area (Å²) >= 11 is 0. The van der Waals surface area contributed by atoms with Crippen molar-refractivity contribution in [1.29, 1.82) is 0 Å². The Labute approximate surface area is 240 Å². The van der Waals surface area contributed by atoms with Gasteiger partial charge in [-0.3, -0.25) is 9.20 Å². The number of nitrogens with one attached hydrogen (secondary N) is 1. The maximum atomic E-state index is 13.3. The van der Waals surface area contributed by atoms with Crippen LogP contribution in [0.5, 0.6) is 0 Å². The van der Waals surface area contributed by atoms with Gasteiger partial charge in [-0.1, -0.05) is 30.3 Å². The first kappa shape index (κ1) is 26.7. The predicted molar refractivity (Wildman–Crippen MR) is 163 cm³/mol. The minimum Gasteiger partial charge on any atom is -0.339 e. The minimum absolute atomic E-state index is 0.0816. The van der Waals surface area contributed by atoms with E-state index < -0.39 is 0 Å². The number of imidazole rings is 1. The molecule has 4 heterocycles. The Morgan fingerprint density at radius 3 is 2.56 bits per heavy atom. The molecule has 0 spiro atoms. The van der Waals surface area contributed by atoms with E-state index >= 15 is 0 Å². The number of nitrogens with zero attached hydrogens (tertiary/aromatic N) is 6. The van der Waals surface area contributed by atoms with Crippen molar-refractivity contribution in [1.82, 2.24) is 29.2 Å². The maximum Gasteiger partial charge on any atom is 0.253 e. The molecule has 0 atom stereocenters. The van der Waals surface area contributed by atoms with Crippen LogP contribution in [0, 0.1) is 0 Å². The number of amides is 1. The van der Waals surface area contributed by atoms with Crippen LogP contribution in [0.25, 0.3) is 28.3 Å². The molecule has 0 unspecified atom stereocenters. The third-order valence-electron chi connectivity index (χ3n) is 7.51. The molecule has 0 aliphatic carbocycles. The number of fused-ring (bicyclic) bond motifs is 1. The number of aromatic nitrogens is 4. The summed E-state index contributed by atoms with van der Waals surface area (Å²) < 4.78 is 2.04. The summed E-state index contributed by atoms with van der Waals surface area (Å²) in [5, 5.41) is 3.35. The average molecular weight is 546 g/mol. The molecule has 6 rings (SSSR count). The number of likely N-dealkylation sites (tertiary alicyclic amines) is 1. The van der Waals surface area contributed by atoms with Crippen molar-refractivity contribution >= 4 is 23.2 Å².